The van der Waals surface area contributed by atoms with E-state index in [4.69, 9.17) is 4.74 Å². The standard InChI is InChI=1S/C20H23N5O3S/c1-12-17(13(2)24(4)23-12)22-18(26)14(3)28-19(27)16-11-21-20(29-5)25(16)15-9-7-6-8-10-15/h6-11,14H,1-5H3,(H,22,26)/t14-/m1/s1. The number of benzene rings is 1. The van der Waals surface area contributed by atoms with Crippen LogP contribution in [-0.2, 0) is 16.6 Å². The van der Waals surface area contributed by atoms with Crippen molar-refractivity contribution in [1.82, 2.24) is 19.3 Å². The largest absolute Gasteiger partial charge is 0.448 e. The summed E-state index contributed by atoms with van der Waals surface area (Å²) in [7, 11) is 1.80. The van der Waals surface area contributed by atoms with Gasteiger partial charge in [0.1, 0.15) is 0 Å². The molecule has 0 unspecified atom stereocenters. The average molecular weight is 414 g/mol. The van der Waals surface area contributed by atoms with Gasteiger partial charge in [0.2, 0.25) is 0 Å². The molecule has 2 heterocycles. The van der Waals surface area contributed by atoms with Crippen LogP contribution in [0.5, 0.6) is 0 Å². The van der Waals surface area contributed by atoms with Crippen molar-refractivity contribution in [2.45, 2.75) is 32.0 Å². The van der Waals surface area contributed by atoms with Crippen LogP contribution in [-0.4, -0.2) is 43.6 Å². The summed E-state index contributed by atoms with van der Waals surface area (Å²) in [6.45, 7) is 5.20. The Bertz CT molecular complexity index is 1040. The van der Waals surface area contributed by atoms with Crippen LogP contribution >= 0.6 is 11.8 Å². The van der Waals surface area contributed by atoms with Crippen LogP contribution in [0.4, 0.5) is 5.69 Å². The van der Waals surface area contributed by atoms with Gasteiger partial charge >= 0.3 is 5.97 Å². The van der Waals surface area contributed by atoms with E-state index in [0.717, 1.165) is 11.4 Å². The lowest BCUT2D eigenvalue weighted by Gasteiger charge is -2.15. The van der Waals surface area contributed by atoms with Gasteiger partial charge < -0.3 is 10.1 Å². The van der Waals surface area contributed by atoms with E-state index in [2.05, 4.69) is 15.4 Å². The van der Waals surface area contributed by atoms with Gasteiger partial charge in [0.25, 0.3) is 5.91 Å². The van der Waals surface area contributed by atoms with Gasteiger partial charge in [0, 0.05) is 12.7 Å². The molecule has 0 aliphatic rings. The number of carbonyl (C=O) groups excluding carboxylic acids is 2. The normalized spacial score (nSPS) is 11.9. The molecule has 2 aromatic heterocycles. The zero-order valence-electron chi connectivity index (χ0n) is 17.0. The van der Waals surface area contributed by atoms with Crippen LogP contribution in [0.15, 0.2) is 41.7 Å². The maximum absolute atomic E-state index is 12.8. The number of ether oxygens (including phenoxy) is 1. The molecule has 0 fully saturated rings. The number of anilines is 1. The van der Waals surface area contributed by atoms with Crippen molar-refractivity contribution in [3.8, 4) is 5.69 Å². The van der Waals surface area contributed by atoms with E-state index >= 15 is 0 Å². The number of thioether (sulfide) groups is 1. The lowest BCUT2D eigenvalue weighted by Crippen LogP contribution is -2.31. The second kappa shape index (κ2) is 8.52. The highest BCUT2D eigenvalue weighted by Crippen LogP contribution is 2.23. The SMILES string of the molecule is CSc1ncc(C(=O)O[C@H](C)C(=O)Nc2c(C)nn(C)c2C)n1-c1ccccc1. The van der Waals surface area contributed by atoms with Crippen molar-refractivity contribution >= 4 is 29.3 Å². The fourth-order valence-corrected chi connectivity index (χ4v) is 3.45. The zero-order valence-corrected chi connectivity index (χ0v) is 17.8. The number of hydrogen-bond donors (Lipinski definition) is 1. The topological polar surface area (TPSA) is 91.0 Å². The second-order valence-corrected chi connectivity index (χ2v) is 7.28. The quantitative estimate of drug-likeness (QED) is 0.493. The smallest absolute Gasteiger partial charge is 0.357 e. The van der Waals surface area contributed by atoms with Crippen molar-refractivity contribution in [3.05, 3.63) is 53.6 Å². The van der Waals surface area contributed by atoms with Crippen LogP contribution < -0.4 is 5.32 Å². The highest BCUT2D eigenvalue weighted by Gasteiger charge is 2.25. The Hall–Kier alpha value is -3.07. The maximum Gasteiger partial charge on any atom is 0.357 e. The number of esters is 1. The van der Waals surface area contributed by atoms with E-state index in [9.17, 15) is 9.59 Å². The van der Waals surface area contributed by atoms with Crippen molar-refractivity contribution < 1.29 is 14.3 Å². The van der Waals surface area contributed by atoms with Crippen LogP contribution in [0, 0.1) is 13.8 Å². The predicted molar refractivity (Wildman–Crippen MR) is 112 cm³/mol. The van der Waals surface area contributed by atoms with Gasteiger partial charge in [-0.15, -0.1) is 0 Å². The van der Waals surface area contributed by atoms with Gasteiger partial charge in [-0.2, -0.15) is 5.10 Å². The fourth-order valence-electron chi connectivity index (χ4n) is 2.90. The zero-order chi connectivity index (χ0) is 21.1. The summed E-state index contributed by atoms with van der Waals surface area (Å²) in [6.07, 6.45) is 2.35. The Labute approximate surface area is 173 Å². The summed E-state index contributed by atoms with van der Waals surface area (Å²) in [4.78, 5) is 29.6. The van der Waals surface area contributed by atoms with Gasteiger partial charge in [-0.05, 0) is 39.2 Å². The number of imidazole rings is 1. The van der Waals surface area contributed by atoms with Gasteiger partial charge in [-0.25, -0.2) is 9.78 Å². The molecule has 0 saturated carbocycles. The van der Waals surface area contributed by atoms with E-state index in [-0.39, 0.29) is 5.69 Å². The molecule has 0 spiro atoms. The Balaban J connectivity index is 1.78. The molecule has 9 heteroatoms. The van der Waals surface area contributed by atoms with E-state index in [0.29, 0.717) is 16.5 Å². The predicted octanol–water partition coefficient (Wildman–Crippen LogP) is 3.13. The van der Waals surface area contributed by atoms with Crippen LogP contribution in [0.1, 0.15) is 28.8 Å². The molecule has 0 saturated heterocycles. The highest BCUT2D eigenvalue weighted by molar-refractivity contribution is 7.98. The number of amides is 1. The molecule has 1 N–H and O–H groups in total. The summed E-state index contributed by atoms with van der Waals surface area (Å²) < 4.78 is 8.83. The van der Waals surface area contributed by atoms with Crippen LogP contribution in [0.2, 0.25) is 0 Å². The number of rotatable bonds is 6. The Morgan fingerprint density at radius 3 is 2.48 bits per heavy atom. The Morgan fingerprint density at radius 1 is 1.21 bits per heavy atom. The monoisotopic (exact) mass is 413 g/mol. The van der Waals surface area contributed by atoms with Gasteiger partial charge in [0.05, 0.1) is 23.3 Å². The van der Waals surface area contributed by atoms with Crippen LogP contribution in [0.3, 0.4) is 0 Å². The van der Waals surface area contributed by atoms with E-state index in [1.165, 1.54) is 24.9 Å². The molecule has 152 valence electrons. The van der Waals surface area contributed by atoms with Crippen molar-refractivity contribution in [3.63, 3.8) is 0 Å². The molecule has 3 rings (SSSR count). The molecule has 0 bridgehead atoms. The van der Waals surface area contributed by atoms with Gasteiger partial charge in [0.15, 0.2) is 17.0 Å². The number of nitrogens with zero attached hydrogens (tertiary/aromatic N) is 4. The second-order valence-electron chi connectivity index (χ2n) is 6.51. The lowest BCUT2D eigenvalue weighted by atomic mass is 10.3. The lowest BCUT2D eigenvalue weighted by molar-refractivity contribution is -0.123. The minimum atomic E-state index is -0.988. The summed E-state index contributed by atoms with van der Waals surface area (Å²) in [5.74, 6) is -1.04. The number of hydrogen-bond acceptors (Lipinski definition) is 6. The van der Waals surface area contributed by atoms with E-state index in [1.54, 1.807) is 16.3 Å². The first kappa shape index (κ1) is 20.7. The number of nitrogens with one attached hydrogen (secondary N) is 1. The summed E-state index contributed by atoms with van der Waals surface area (Å²) in [5.41, 5.74) is 3.19. The third kappa shape index (κ3) is 4.19. The fraction of sp³-hybridized carbons (Fsp3) is 0.300. The molecule has 3 aromatic rings. The first-order valence-corrected chi connectivity index (χ1v) is 10.2. The molecular formula is C20H23N5O3S. The Kier molecular flexibility index (Phi) is 6.07. The molecule has 29 heavy (non-hydrogen) atoms. The van der Waals surface area contributed by atoms with Crippen molar-refractivity contribution in [2.24, 2.45) is 7.05 Å². The summed E-state index contributed by atoms with van der Waals surface area (Å²) >= 11 is 1.42. The number of aromatic nitrogens is 4. The summed E-state index contributed by atoms with van der Waals surface area (Å²) in [6, 6.07) is 9.41. The highest BCUT2D eigenvalue weighted by atomic mass is 32.2. The van der Waals surface area contributed by atoms with Crippen LogP contribution in [0.25, 0.3) is 5.69 Å². The third-order valence-electron chi connectivity index (χ3n) is 4.55. The molecule has 1 amide bonds. The average Bonchev–Trinajstić information content (AvgIpc) is 3.25. The van der Waals surface area contributed by atoms with Gasteiger partial charge in [-0.1, -0.05) is 30.0 Å². The Morgan fingerprint density at radius 2 is 1.90 bits per heavy atom. The first-order chi connectivity index (χ1) is 13.8. The molecular weight excluding hydrogens is 390 g/mol. The summed E-state index contributed by atoms with van der Waals surface area (Å²) in [5, 5.41) is 7.72. The minimum Gasteiger partial charge on any atom is -0.448 e. The molecule has 1 aromatic carbocycles. The van der Waals surface area contributed by atoms with Gasteiger partial charge in [-0.3, -0.25) is 14.0 Å². The number of carbonyl (C=O) groups is 2. The van der Waals surface area contributed by atoms with E-state index in [1.807, 2.05) is 50.4 Å². The number of aryl methyl sites for hydroxylation is 2. The van der Waals surface area contributed by atoms with E-state index < -0.39 is 18.0 Å². The van der Waals surface area contributed by atoms with Crippen molar-refractivity contribution in [2.75, 3.05) is 11.6 Å². The molecule has 0 aliphatic carbocycles. The first-order valence-electron chi connectivity index (χ1n) is 9.02. The third-order valence-corrected chi connectivity index (χ3v) is 5.20. The molecule has 0 radical (unpaired) electrons. The molecule has 1 atom stereocenters. The van der Waals surface area contributed by atoms with Crippen molar-refractivity contribution in [1.29, 1.82) is 0 Å². The molecule has 8 nitrogen and oxygen atoms in total. The number of para-hydroxylation sites is 1. The minimum absolute atomic E-state index is 0.258. The molecule has 0 aliphatic heterocycles. The maximum atomic E-state index is 12.8.